The molecule has 290 valence electrons. The number of hydrogen-bond acceptors (Lipinski definition) is 13. The van der Waals surface area contributed by atoms with Crippen LogP contribution >= 0.6 is 0 Å². The summed E-state index contributed by atoms with van der Waals surface area (Å²) in [6.07, 6.45) is 12.3. The van der Waals surface area contributed by atoms with Gasteiger partial charge in [0, 0.05) is 49.7 Å². The van der Waals surface area contributed by atoms with Crippen LogP contribution in [0.4, 0.5) is 23.0 Å². The summed E-state index contributed by atoms with van der Waals surface area (Å²) in [6, 6.07) is 6.19. The van der Waals surface area contributed by atoms with E-state index < -0.39 is 17.7 Å². The standard InChI is InChI=1S/C37H47N13O5/c1-6-44-29(15-23(2)38)36(53)45-22-48(32-27(42-3)16-24(34(40)51)18-30(32)54-5)11-7-8-13-50-33-28(47-37(50)43-4)17-25(35(41)52)19-31(33)55-14-10-9-12-49-21-26(39)20-46-49/h7-10,15-21H,3,6,11-14,22,38-39H2,1-2,4-5H3,(H2,40,51)(H2,41,52)(H,43,47)(H,45,53)/b8-7+,10-9+,23-15-,44-29?. The molecule has 2 aromatic heterocycles. The van der Waals surface area contributed by atoms with Crippen molar-refractivity contribution in [1.82, 2.24) is 24.6 Å². The molecule has 0 aliphatic rings. The van der Waals surface area contributed by atoms with Crippen molar-refractivity contribution in [3.05, 3.63) is 83.9 Å². The van der Waals surface area contributed by atoms with Gasteiger partial charge in [-0.25, -0.2) is 4.98 Å². The summed E-state index contributed by atoms with van der Waals surface area (Å²) in [5, 5.41) is 10.1. The molecule has 0 aliphatic carbocycles. The number of nitrogens with one attached hydrogen (secondary N) is 2. The first-order valence-electron chi connectivity index (χ1n) is 17.1. The second kappa shape index (κ2) is 19.1. The fraction of sp³-hybridized carbons (Fsp3) is 0.270. The van der Waals surface area contributed by atoms with Gasteiger partial charge in [0.2, 0.25) is 17.8 Å². The molecule has 4 aromatic rings. The zero-order valence-electron chi connectivity index (χ0n) is 31.3. The molecule has 2 heterocycles. The van der Waals surface area contributed by atoms with E-state index in [0.29, 0.717) is 65.1 Å². The number of fused-ring (bicyclic) bond motifs is 1. The molecule has 0 spiro atoms. The van der Waals surface area contributed by atoms with E-state index in [2.05, 4.69) is 37.4 Å². The van der Waals surface area contributed by atoms with Crippen molar-refractivity contribution in [2.75, 3.05) is 56.5 Å². The first-order chi connectivity index (χ1) is 26.4. The highest BCUT2D eigenvalue weighted by molar-refractivity contribution is 6.43. The average molecular weight is 754 g/mol. The van der Waals surface area contributed by atoms with Crippen LogP contribution in [0.3, 0.4) is 0 Å². The lowest BCUT2D eigenvalue weighted by Crippen LogP contribution is -2.41. The molecule has 2 aromatic carbocycles. The van der Waals surface area contributed by atoms with Crippen LogP contribution in [-0.4, -0.2) is 90.0 Å². The van der Waals surface area contributed by atoms with Crippen molar-refractivity contribution < 1.29 is 23.9 Å². The molecule has 0 fully saturated rings. The number of carbonyl (C=O) groups excluding carboxylic acids is 3. The Balaban J connectivity index is 1.66. The Morgan fingerprint density at radius 2 is 1.73 bits per heavy atom. The summed E-state index contributed by atoms with van der Waals surface area (Å²) >= 11 is 0. The molecular formula is C37H47N13O5. The molecule has 3 amide bonds. The van der Waals surface area contributed by atoms with Crippen LogP contribution in [0.25, 0.3) is 11.0 Å². The highest BCUT2D eigenvalue weighted by Crippen LogP contribution is 2.39. The van der Waals surface area contributed by atoms with Gasteiger partial charge in [0.05, 0.1) is 43.4 Å². The van der Waals surface area contributed by atoms with Gasteiger partial charge in [-0.05, 0) is 57.0 Å². The smallest absolute Gasteiger partial charge is 0.270 e. The number of benzene rings is 2. The summed E-state index contributed by atoms with van der Waals surface area (Å²) in [6.45, 7) is 8.72. The lowest BCUT2D eigenvalue weighted by atomic mass is 10.1. The molecular weight excluding hydrogens is 706 g/mol. The lowest BCUT2D eigenvalue weighted by molar-refractivity contribution is -0.114. The van der Waals surface area contributed by atoms with Gasteiger partial charge in [0.25, 0.3) is 5.91 Å². The number of allylic oxidation sites excluding steroid dienone is 3. The number of methoxy groups -OCH3 is 1. The number of anilines is 3. The van der Waals surface area contributed by atoms with Crippen LogP contribution in [0.1, 0.15) is 34.6 Å². The van der Waals surface area contributed by atoms with Crippen molar-refractivity contribution in [2.45, 2.75) is 26.9 Å². The Bertz CT molecular complexity index is 2160. The SMILES string of the molecule is C=Nc1cc(C(N)=O)cc(OC)c1N(C/C=C/Cn1c(NC)nc2cc(C(N)=O)cc(OC/C=C/Cn3cc(N)cn3)c21)CNC(=O)C(/C=C(/C)N)=NCC. The van der Waals surface area contributed by atoms with E-state index in [1.165, 1.54) is 25.3 Å². The molecule has 18 nitrogen and oxygen atoms in total. The van der Waals surface area contributed by atoms with Crippen molar-refractivity contribution in [1.29, 1.82) is 0 Å². The molecule has 0 radical (unpaired) electrons. The molecule has 0 atom stereocenters. The van der Waals surface area contributed by atoms with Crippen molar-refractivity contribution in [3.8, 4) is 11.5 Å². The Hall–Kier alpha value is -7.11. The van der Waals surface area contributed by atoms with Crippen LogP contribution < -0.4 is 47.9 Å². The monoisotopic (exact) mass is 753 g/mol. The molecule has 0 saturated heterocycles. The predicted octanol–water partition coefficient (Wildman–Crippen LogP) is 2.49. The zero-order valence-corrected chi connectivity index (χ0v) is 31.3. The van der Waals surface area contributed by atoms with E-state index in [4.69, 9.17) is 32.4 Å². The molecule has 10 N–H and O–H groups in total. The van der Waals surface area contributed by atoms with Crippen molar-refractivity contribution in [2.24, 2.45) is 27.2 Å². The summed E-state index contributed by atoms with van der Waals surface area (Å²) in [4.78, 5) is 52.4. The van der Waals surface area contributed by atoms with Crippen LogP contribution in [0.15, 0.2) is 82.7 Å². The zero-order chi connectivity index (χ0) is 40.1. The molecule has 0 bridgehead atoms. The second-order valence-corrected chi connectivity index (χ2v) is 12.0. The van der Waals surface area contributed by atoms with Crippen molar-refractivity contribution >= 4 is 64.2 Å². The normalized spacial score (nSPS) is 12.0. The topological polar surface area (TPSA) is 261 Å². The van der Waals surface area contributed by atoms with Gasteiger partial charge in [0.1, 0.15) is 35.0 Å². The third kappa shape index (κ3) is 10.5. The number of hydrogen-bond donors (Lipinski definition) is 6. The van der Waals surface area contributed by atoms with Crippen LogP contribution in [-0.2, 0) is 17.9 Å². The fourth-order valence-corrected chi connectivity index (χ4v) is 5.49. The number of nitrogen functional groups attached to an aromatic ring is 1. The highest BCUT2D eigenvalue weighted by atomic mass is 16.5. The van der Waals surface area contributed by atoms with Gasteiger partial charge in [-0.1, -0.05) is 18.2 Å². The minimum atomic E-state index is -0.672. The van der Waals surface area contributed by atoms with E-state index >= 15 is 0 Å². The summed E-state index contributed by atoms with van der Waals surface area (Å²) in [7, 11) is 3.18. The maximum absolute atomic E-state index is 13.2. The number of carbonyl (C=O) groups is 3. The number of primary amides is 2. The third-order valence-corrected chi connectivity index (χ3v) is 7.94. The minimum absolute atomic E-state index is 0.0247. The number of nitrogens with zero attached hydrogens (tertiary/aromatic N) is 7. The molecule has 4 rings (SSSR count). The molecule has 0 aliphatic heterocycles. The number of amides is 3. The maximum atomic E-state index is 13.2. The quantitative estimate of drug-likeness (QED) is 0.0434. The van der Waals surface area contributed by atoms with Gasteiger partial charge in [-0.15, -0.1) is 0 Å². The molecule has 0 unspecified atom stereocenters. The molecule has 55 heavy (non-hydrogen) atoms. The van der Waals surface area contributed by atoms with Crippen LogP contribution in [0, 0.1) is 0 Å². The number of imidazole rings is 1. The Morgan fingerprint density at radius 1 is 1.02 bits per heavy atom. The number of nitrogens with two attached hydrogens (primary N) is 4. The Kier molecular flexibility index (Phi) is 14.1. The fourth-order valence-electron chi connectivity index (χ4n) is 5.49. The van der Waals surface area contributed by atoms with E-state index in [1.54, 1.807) is 48.1 Å². The Labute approximate surface area is 318 Å². The highest BCUT2D eigenvalue weighted by Gasteiger charge is 2.21. The van der Waals surface area contributed by atoms with Gasteiger partial charge >= 0.3 is 0 Å². The average Bonchev–Trinajstić information content (AvgIpc) is 3.75. The van der Waals surface area contributed by atoms with Gasteiger partial charge in [0.15, 0.2) is 0 Å². The van der Waals surface area contributed by atoms with Gasteiger partial charge < -0.3 is 52.5 Å². The van der Waals surface area contributed by atoms with Crippen LogP contribution in [0.5, 0.6) is 11.5 Å². The first kappa shape index (κ1) is 40.7. The van der Waals surface area contributed by atoms with E-state index in [9.17, 15) is 14.4 Å². The largest absolute Gasteiger partial charge is 0.494 e. The number of ether oxygens (including phenoxy) is 2. The summed E-state index contributed by atoms with van der Waals surface area (Å²) in [5.74, 6) is -0.550. The molecule has 18 heteroatoms. The summed E-state index contributed by atoms with van der Waals surface area (Å²) in [5.41, 5.74) is 26.3. The lowest BCUT2D eigenvalue weighted by Gasteiger charge is -2.27. The van der Waals surface area contributed by atoms with Gasteiger partial charge in [-0.2, -0.15) is 5.10 Å². The van der Waals surface area contributed by atoms with E-state index in [0.717, 1.165) is 0 Å². The van der Waals surface area contributed by atoms with Gasteiger partial charge in [-0.3, -0.25) is 29.1 Å². The second-order valence-electron chi connectivity index (χ2n) is 12.0. The van der Waals surface area contributed by atoms with E-state index in [-0.39, 0.29) is 42.4 Å². The predicted molar refractivity (Wildman–Crippen MR) is 215 cm³/mol. The molecule has 0 saturated carbocycles. The van der Waals surface area contributed by atoms with Crippen LogP contribution in [0.2, 0.25) is 0 Å². The number of rotatable bonds is 20. The van der Waals surface area contributed by atoms with Crippen molar-refractivity contribution in [3.63, 3.8) is 0 Å². The summed E-state index contributed by atoms with van der Waals surface area (Å²) < 4.78 is 15.4. The first-order valence-corrected chi connectivity index (χ1v) is 17.1. The Morgan fingerprint density at radius 3 is 2.35 bits per heavy atom. The van der Waals surface area contributed by atoms with E-state index in [1.807, 2.05) is 35.8 Å². The third-order valence-electron chi connectivity index (χ3n) is 7.94. The minimum Gasteiger partial charge on any atom is -0.494 e. The number of aromatic nitrogens is 4. The maximum Gasteiger partial charge on any atom is 0.270 e. The number of aliphatic imine (C=N–C) groups is 2.